The predicted molar refractivity (Wildman–Crippen MR) is 124 cm³/mol. The lowest BCUT2D eigenvalue weighted by Crippen LogP contribution is -2.39. The van der Waals surface area contributed by atoms with E-state index >= 15 is 0 Å². The van der Waals surface area contributed by atoms with Gasteiger partial charge < -0.3 is 21.3 Å². The molecule has 0 spiro atoms. The van der Waals surface area contributed by atoms with Crippen LogP contribution < -0.4 is 21.3 Å². The highest BCUT2D eigenvalue weighted by atomic mass is 32.1. The van der Waals surface area contributed by atoms with Gasteiger partial charge >= 0.3 is 0 Å². The largest absolute Gasteiger partial charge is 0.305 e. The highest BCUT2D eigenvalue weighted by Gasteiger charge is 2.24. The summed E-state index contributed by atoms with van der Waals surface area (Å²) in [5.41, 5.74) is 4.92. The molecule has 1 unspecified atom stereocenters. The van der Waals surface area contributed by atoms with Crippen LogP contribution >= 0.6 is 21.9 Å². The van der Waals surface area contributed by atoms with Crippen LogP contribution in [0.25, 0.3) is 0 Å². The maximum Gasteiger partial charge on any atom is 0.0764 e. The normalized spacial score (nSPS) is 12.1. The third kappa shape index (κ3) is 6.02. The first-order valence-corrected chi connectivity index (χ1v) is 10.4. The first-order valence-electron chi connectivity index (χ1n) is 9.33. The highest BCUT2D eigenvalue weighted by molar-refractivity contribution is 7.86. The Balaban J connectivity index is 2.12. The summed E-state index contributed by atoms with van der Waals surface area (Å²) in [5.74, 6) is 0. The standard InChI is InChI=1S/C21H33N4PS/c1-22-19(23-2)13-15-5-9-17(10-6-15)21(26,27)18-11-7-16(8-12-18)14-20(24-3)25-4/h5-12,19-20,22-25,27H,13-14,26H2,1-4H3. The van der Waals surface area contributed by atoms with Gasteiger partial charge in [0.25, 0.3) is 0 Å². The zero-order valence-corrected chi connectivity index (χ0v) is 18.8. The van der Waals surface area contributed by atoms with Crippen molar-refractivity contribution in [2.24, 2.45) is 0 Å². The maximum atomic E-state index is 4.96. The first kappa shape index (κ1) is 22.4. The van der Waals surface area contributed by atoms with Gasteiger partial charge in [-0.15, -0.1) is 9.24 Å². The van der Waals surface area contributed by atoms with E-state index in [-0.39, 0.29) is 12.3 Å². The van der Waals surface area contributed by atoms with Crippen molar-refractivity contribution in [2.75, 3.05) is 28.2 Å². The lowest BCUT2D eigenvalue weighted by Gasteiger charge is -2.26. The third-order valence-electron chi connectivity index (χ3n) is 5.06. The molecule has 148 valence electrons. The summed E-state index contributed by atoms with van der Waals surface area (Å²) < 4.78 is -0.409. The molecule has 0 aliphatic heterocycles. The van der Waals surface area contributed by atoms with Crippen molar-refractivity contribution in [1.29, 1.82) is 0 Å². The molecule has 0 fully saturated rings. The molecule has 0 heterocycles. The summed E-state index contributed by atoms with van der Waals surface area (Å²) in [6.07, 6.45) is 2.44. The SMILES string of the molecule is CNC(Cc1ccc(C(P)(S)c2ccc(CC(NC)NC)cc2)cc1)NC. The quantitative estimate of drug-likeness (QED) is 0.240. The Hall–Kier alpha value is -0.940. The zero-order valence-electron chi connectivity index (χ0n) is 16.7. The number of rotatable bonds is 10. The van der Waals surface area contributed by atoms with Gasteiger partial charge in [-0.3, -0.25) is 0 Å². The van der Waals surface area contributed by atoms with Crippen LogP contribution in [0.5, 0.6) is 0 Å². The van der Waals surface area contributed by atoms with E-state index in [2.05, 4.69) is 79.0 Å². The topological polar surface area (TPSA) is 48.1 Å². The van der Waals surface area contributed by atoms with Crippen molar-refractivity contribution in [3.8, 4) is 0 Å². The first-order chi connectivity index (χ1) is 12.9. The van der Waals surface area contributed by atoms with Crippen LogP contribution in [0.3, 0.4) is 0 Å². The van der Waals surface area contributed by atoms with Crippen LogP contribution in [0.4, 0.5) is 0 Å². The van der Waals surface area contributed by atoms with Gasteiger partial charge in [0.1, 0.15) is 0 Å². The van der Waals surface area contributed by atoms with Crippen molar-refractivity contribution < 1.29 is 0 Å². The molecular weight excluding hydrogens is 371 g/mol. The Labute approximate surface area is 171 Å². The van der Waals surface area contributed by atoms with Gasteiger partial charge in [0, 0.05) is 12.8 Å². The van der Waals surface area contributed by atoms with Gasteiger partial charge in [0.05, 0.1) is 16.8 Å². The second-order valence-corrected chi connectivity index (χ2v) is 8.89. The molecule has 0 radical (unpaired) electrons. The number of thiol groups is 1. The van der Waals surface area contributed by atoms with E-state index in [1.807, 2.05) is 28.2 Å². The van der Waals surface area contributed by atoms with Crippen LogP contribution in [0, 0.1) is 0 Å². The lowest BCUT2D eigenvalue weighted by molar-refractivity contribution is 0.492. The summed E-state index contributed by atoms with van der Waals surface area (Å²) in [4.78, 5) is 0. The molecule has 1 atom stereocenters. The van der Waals surface area contributed by atoms with Crippen molar-refractivity contribution in [3.05, 3.63) is 70.8 Å². The van der Waals surface area contributed by atoms with E-state index in [1.54, 1.807) is 0 Å². The molecule has 0 saturated heterocycles. The van der Waals surface area contributed by atoms with Crippen molar-refractivity contribution in [3.63, 3.8) is 0 Å². The van der Waals surface area contributed by atoms with Gasteiger partial charge in [0.2, 0.25) is 0 Å². The second-order valence-electron chi connectivity index (χ2n) is 6.83. The van der Waals surface area contributed by atoms with Gasteiger partial charge in [-0.05, 0) is 50.4 Å². The smallest absolute Gasteiger partial charge is 0.0764 e. The number of benzene rings is 2. The lowest BCUT2D eigenvalue weighted by atomic mass is 9.99. The number of hydrogen-bond donors (Lipinski definition) is 5. The molecule has 6 heteroatoms. The Kier molecular flexibility index (Phi) is 8.74. The van der Waals surface area contributed by atoms with Crippen LogP contribution in [0.15, 0.2) is 48.5 Å². The summed E-state index contributed by atoms with van der Waals surface area (Å²) >= 11 is 4.96. The molecule has 0 amide bonds. The van der Waals surface area contributed by atoms with Gasteiger partial charge in [-0.1, -0.05) is 48.5 Å². The Morgan fingerprint density at radius 3 is 1.26 bits per heavy atom. The molecule has 4 nitrogen and oxygen atoms in total. The van der Waals surface area contributed by atoms with Gasteiger partial charge in [-0.25, -0.2) is 0 Å². The van der Waals surface area contributed by atoms with E-state index < -0.39 is 4.49 Å². The Bertz CT molecular complexity index is 621. The van der Waals surface area contributed by atoms with Crippen molar-refractivity contribution in [1.82, 2.24) is 21.3 Å². The fourth-order valence-corrected chi connectivity index (χ4v) is 3.81. The summed E-state index contributed by atoms with van der Waals surface area (Å²) in [5, 5.41) is 13.0. The molecule has 2 rings (SSSR count). The minimum Gasteiger partial charge on any atom is -0.305 e. The zero-order chi connectivity index (χ0) is 19.9. The van der Waals surface area contributed by atoms with Crippen LogP contribution in [-0.2, 0) is 17.3 Å². The average molecular weight is 405 g/mol. The van der Waals surface area contributed by atoms with Crippen LogP contribution in [-0.4, -0.2) is 40.5 Å². The molecule has 2 aromatic rings. The predicted octanol–water partition coefficient (Wildman–Crippen LogP) is 2.31. The highest BCUT2D eigenvalue weighted by Crippen LogP contribution is 2.42. The van der Waals surface area contributed by atoms with Crippen molar-refractivity contribution >= 4 is 21.9 Å². The molecular formula is C21H33N4PS. The molecule has 0 aliphatic carbocycles. The van der Waals surface area contributed by atoms with Crippen LogP contribution in [0.2, 0.25) is 0 Å². The van der Waals surface area contributed by atoms with E-state index in [0.717, 1.165) is 12.8 Å². The monoisotopic (exact) mass is 404 g/mol. The number of nitrogens with one attached hydrogen (secondary N) is 4. The average Bonchev–Trinajstić information content (AvgIpc) is 2.70. The molecule has 27 heavy (non-hydrogen) atoms. The van der Waals surface area contributed by atoms with Gasteiger partial charge in [-0.2, -0.15) is 12.6 Å². The second kappa shape index (κ2) is 10.6. The third-order valence-corrected chi connectivity index (χ3v) is 6.24. The number of hydrogen-bond acceptors (Lipinski definition) is 5. The van der Waals surface area contributed by atoms with E-state index in [1.165, 1.54) is 22.3 Å². The molecule has 4 N–H and O–H groups in total. The summed E-state index contributed by atoms with van der Waals surface area (Å²) in [7, 11) is 10.8. The summed E-state index contributed by atoms with van der Waals surface area (Å²) in [6.45, 7) is 0. The van der Waals surface area contributed by atoms with Crippen molar-refractivity contribution in [2.45, 2.75) is 29.7 Å². The summed E-state index contributed by atoms with van der Waals surface area (Å²) in [6, 6.07) is 17.4. The molecule has 0 bridgehead atoms. The minimum absolute atomic E-state index is 0.277. The fourth-order valence-electron chi connectivity index (χ4n) is 3.12. The molecule has 0 aromatic heterocycles. The molecule has 0 saturated carbocycles. The van der Waals surface area contributed by atoms with E-state index in [9.17, 15) is 0 Å². The van der Waals surface area contributed by atoms with Gasteiger partial charge in [0.15, 0.2) is 0 Å². The van der Waals surface area contributed by atoms with E-state index in [4.69, 9.17) is 12.6 Å². The Morgan fingerprint density at radius 2 is 1.00 bits per heavy atom. The molecule has 2 aromatic carbocycles. The number of likely N-dealkylation sites (N-methyl/N-ethyl adjacent to an activating group) is 4. The maximum absolute atomic E-state index is 4.96. The van der Waals surface area contributed by atoms with Crippen LogP contribution in [0.1, 0.15) is 22.3 Å². The minimum atomic E-state index is -0.409. The van der Waals surface area contributed by atoms with E-state index in [0.29, 0.717) is 0 Å². The molecule has 0 aliphatic rings. The fraction of sp³-hybridized carbons (Fsp3) is 0.429. The Morgan fingerprint density at radius 1 is 0.704 bits per heavy atom.